The number of anilines is 1. The lowest BCUT2D eigenvalue weighted by atomic mass is 10.1. The van der Waals surface area contributed by atoms with Gasteiger partial charge in [0.2, 0.25) is 0 Å². The number of rotatable bonds is 4. The van der Waals surface area contributed by atoms with Crippen molar-refractivity contribution in [1.29, 1.82) is 0 Å². The van der Waals surface area contributed by atoms with Crippen LogP contribution >= 0.6 is 0 Å². The molecule has 0 aromatic heterocycles. The summed E-state index contributed by atoms with van der Waals surface area (Å²) in [6.07, 6.45) is 1.16. The smallest absolute Gasteiger partial charge is 0.251 e. The van der Waals surface area contributed by atoms with Crippen molar-refractivity contribution in [3.05, 3.63) is 29.3 Å². The van der Waals surface area contributed by atoms with Crippen LogP contribution in [0.2, 0.25) is 0 Å². The first-order valence-corrected chi connectivity index (χ1v) is 7.78. The van der Waals surface area contributed by atoms with Crippen molar-refractivity contribution in [2.75, 3.05) is 18.5 Å². The Balaban J connectivity index is 2.85. The molecule has 1 rings (SSSR count). The van der Waals surface area contributed by atoms with Crippen LogP contribution in [0.5, 0.6) is 0 Å². The van der Waals surface area contributed by atoms with Crippen molar-refractivity contribution >= 4 is 21.4 Å². The monoisotopic (exact) mass is 284 g/mol. The Morgan fingerprint density at radius 2 is 1.95 bits per heavy atom. The van der Waals surface area contributed by atoms with Gasteiger partial charge in [0.25, 0.3) is 5.91 Å². The van der Waals surface area contributed by atoms with Gasteiger partial charge in [0, 0.05) is 24.1 Å². The normalized spacial score (nSPS) is 12.2. The lowest BCUT2D eigenvalue weighted by molar-refractivity contribution is 0.0950. The first-order valence-electron chi connectivity index (χ1n) is 5.88. The molecule has 106 valence electrons. The number of carbonyl (C=O) groups is 1. The maximum atomic E-state index is 12.0. The first-order chi connectivity index (χ1) is 8.54. The number of nitrogens with one attached hydrogen (secondary N) is 1. The average molecular weight is 284 g/mol. The lowest BCUT2D eigenvalue weighted by Crippen LogP contribution is -2.43. The van der Waals surface area contributed by atoms with Gasteiger partial charge in [-0.05, 0) is 38.5 Å². The maximum absolute atomic E-state index is 12.0. The Bertz CT molecular complexity index is 592. The summed E-state index contributed by atoms with van der Waals surface area (Å²) < 4.78 is 22.1. The molecule has 0 aliphatic rings. The van der Waals surface area contributed by atoms with Gasteiger partial charge in [-0.25, -0.2) is 8.42 Å². The van der Waals surface area contributed by atoms with E-state index >= 15 is 0 Å². The molecule has 0 spiro atoms. The van der Waals surface area contributed by atoms with E-state index in [1.807, 2.05) is 0 Å². The minimum absolute atomic E-state index is 0.0545. The summed E-state index contributed by atoms with van der Waals surface area (Å²) in [5, 5.41) is 2.64. The zero-order chi connectivity index (χ0) is 14.8. The van der Waals surface area contributed by atoms with Gasteiger partial charge in [0.15, 0.2) is 9.84 Å². The highest BCUT2D eigenvalue weighted by Crippen LogP contribution is 2.15. The summed E-state index contributed by atoms with van der Waals surface area (Å²) in [4.78, 5) is 12.0. The number of hydrogen-bond acceptors (Lipinski definition) is 4. The minimum atomic E-state index is -3.24. The Hall–Kier alpha value is -1.56. The zero-order valence-electron chi connectivity index (χ0n) is 11.6. The second kappa shape index (κ2) is 5.21. The van der Waals surface area contributed by atoms with Crippen LogP contribution in [-0.2, 0) is 9.84 Å². The quantitative estimate of drug-likeness (QED) is 0.811. The number of benzene rings is 1. The first kappa shape index (κ1) is 15.5. The number of aryl methyl sites for hydroxylation is 1. The number of carbonyl (C=O) groups excluding carboxylic acids is 1. The molecular formula is C13H20N2O3S. The van der Waals surface area contributed by atoms with Crippen molar-refractivity contribution < 1.29 is 13.2 Å². The predicted molar refractivity (Wildman–Crippen MR) is 76.8 cm³/mol. The molecule has 0 aliphatic heterocycles. The zero-order valence-corrected chi connectivity index (χ0v) is 12.5. The van der Waals surface area contributed by atoms with Gasteiger partial charge >= 0.3 is 0 Å². The molecule has 0 bridgehead atoms. The molecule has 0 saturated carbocycles. The van der Waals surface area contributed by atoms with Gasteiger partial charge in [0.05, 0.1) is 4.75 Å². The maximum Gasteiger partial charge on any atom is 0.251 e. The van der Waals surface area contributed by atoms with Gasteiger partial charge in [-0.2, -0.15) is 0 Å². The summed E-state index contributed by atoms with van der Waals surface area (Å²) in [6.45, 7) is 5.01. The second-order valence-electron chi connectivity index (χ2n) is 5.29. The molecule has 0 radical (unpaired) electrons. The van der Waals surface area contributed by atoms with E-state index in [-0.39, 0.29) is 12.5 Å². The Labute approximate surface area is 114 Å². The molecule has 1 aromatic carbocycles. The molecule has 0 saturated heterocycles. The van der Waals surface area contributed by atoms with E-state index in [1.54, 1.807) is 39.0 Å². The van der Waals surface area contributed by atoms with Crippen LogP contribution in [0.15, 0.2) is 18.2 Å². The molecular weight excluding hydrogens is 264 g/mol. The third kappa shape index (κ3) is 3.70. The molecule has 1 amide bonds. The number of nitrogen functional groups attached to an aromatic ring is 1. The highest BCUT2D eigenvalue weighted by Gasteiger charge is 2.30. The fraction of sp³-hybridized carbons (Fsp3) is 0.462. The average Bonchev–Trinajstić information content (AvgIpc) is 2.28. The van der Waals surface area contributed by atoms with Gasteiger partial charge in [0.1, 0.15) is 0 Å². The van der Waals surface area contributed by atoms with Gasteiger partial charge in [-0.1, -0.05) is 6.07 Å². The van der Waals surface area contributed by atoms with Crippen molar-refractivity contribution in [2.45, 2.75) is 25.5 Å². The molecule has 0 unspecified atom stereocenters. The third-order valence-corrected chi connectivity index (χ3v) is 5.34. The fourth-order valence-electron chi connectivity index (χ4n) is 1.40. The van der Waals surface area contributed by atoms with E-state index in [4.69, 9.17) is 5.73 Å². The van der Waals surface area contributed by atoms with Crippen molar-refractivity contribution in [3.8, 4) is 0 Å². The van der Waals surface area contributed by atoms with Crippen LogP contribution in [0.4, 0.5) is 5.69 Å². The SMILES string of the molecule is Cc1ccc(N)cc1C(=O)NCC(C)(C)S(C)(=O)=O. The van der Waals surface area contributed by atoms with Crippen LogP contribution in [0.1, 0.15) is 29.8 Å². The molecule has 1 aromatic rings. The molecule has 5 nitrogen and oxygen atoms in total. The standard InChI is InChI=1S/C13H20N2O3S/c1-9-5-6-10(14)7-11(9)12(16)15-8-13(2,3)19(4,17)18/h5-7H,8,14H2,1-4H3,(H,15,16). The summed E-state index contributed by atoms with van der Waals surface area (Å²) in [7, 11) is -3.24. The van der Waals surface area contributed by atoms with Crippen molar-refractivity contribution in [3.63, 3.8) is 0 Å². The van der Waals surface area contributed by atoms with Gasteiger partial charge in [-0.15, -0.1) is 0 Å². The minimum Gasteiger partial charge on any atom is -0.399 e. The van der Waals surface area contributed by atoms with Crippen molar-refractivity contribution in [1.82, 2.24) is 5.32 Å². The van der Waals surface area contributed by atoms with Crippen LogP contribution in [-0.4, -0.2) is 31.9 Å². The largest absolute Gasteiger partial charge is 0.399 e. The number of sulfone groups is 1. The van der Waals surface area contributed by atoms with Crippen LogP contribution in [0, 0.1) is 6.92 Å². The fourth-order valence-corrected chi connectivity index (χ4v) is 1.74. The van der Waals surface area contributed by atoms with Crippen LogP contribution in [0.25, 0.3) is 0 Å². The third-order valence-electron chi connectivity index (χ3n) is 3.18. The van der Waals surface area contributed by atoms with E-state index in [1.165, 1.54) is 0 Å². The van der Waals surface area contributed by atoms with Crippen LogP contribution < -0.4 is 11.1 Å². The highest BCUT2D eigenvalue weighted by molar-refractivity contribution is 7.92. The topological polar surface area (TPSA) is 89.3 Å². The van der Waals surface area contributed by atoms with Crippen molar-refractivity contribution in [2.24, 2.45) is 0 Å². The molecule has 0 aliphatic carbocycles. The lowest BCUT2D eigenvalue weighted by Gasteiger charge is -2.23. The van der Waals surface area contributed by atoms with Crippen LogP contribution in [0.3, 0.4) is 0 Å². The Morgan fingerprint density at radius 3 is 2.47 bits per heavy atom. The predicted octanol–water partition coefficient (Wildman–Crippen LogP) is 1.13. The van der Waals surface area contributed by atoms with E-state index in [9.17, 15) is 13.2 Å². The van der Waals surface area contributed by atoms with Gasteiger partial charge in [-0.3, -0.25) is 4.79 Å². The van der Waals surface area contributed by atoms with E-state index < -0.39 is 14.6 Å². The molecule has 6 heteroatoms. The van der Waals surface area contributed by atoms with Gasteiger partial charge < -0.3 is 11.1 Å². The molecule has 0 fully saturated rings. The molecule has 0 atom stereocenters. The summed E-state index contributed by atoms with van der Waals surface area (Å²) in [5.41, 5.74) is 7.40. The highest BCUT2D eigenvalue weighted by atomic mass is 32.2. The second-order valence-corrected chi connectivity index (χ2v) is 7.94. The Kier molecular flexibility index (Phi) is 4.25. The number of amides is 1. The Morgan fingerprint density at radius 1 is 1.37 bits per heavy atom. The van der Waals surface area contributed by atoms with E-state index in [0.717, 1.165) is 11.8 Å². The molecule has 0 heterocycles. The van der Waals surface area contributed by atoms with E-state index in [0.29, 0.717) is 11.3 Å². The molecule has 19 heavy (non-hydrogen) atoms. The van der Waals surface area contributed by atoms with E-state index in [2.05, 4.69) is 5.32 Å². The summed E-state index contributed by atoms with van der Waals surface area (Å²) in [5.74, 6) is -0.318. The molecule has 3 N–H and O–H groups in total. The number of nitrogens with two attached hydrogens (primary N) is 1. The number of hydrogen-bond donors (Lipinski definition) is 2. The summed E-state index contributed by atoms with van der Waals surface area (Å²) in [6, 6.07) is 5.05. The summed E-state index contributed by atoms with van der Waals surface area (Å²) >= 11 is 0.